The third kappa shape index (κ3) is 7.22. The quantitative estimate of drug-likeness (QED) is 0.407. The Morgan fingerprint density at radius 1 is 0.957 bits per heavy atom. The van der Waals surface area contributed by atoms with E-state index in [2.05, 4.69) is 22.6 Å². The molecule has 0 unspecified atom stereocenters. The van der Waals surface area contributed by atoms with E-state index < -0.39 is 17.8 Å². The molecule has 23 heavy (non-hydrogen) atoms. The highest BCUT2D eigenvalue weighted by Crippen LogP contribution is 2.17. The van der Waals surface area contributed by atoms with Crippen molar-refractivity contribution in [1.29, 1.82) is 0 Å². The van der Waals surface area contributed by atoms with Crippen molar-refractivity contribution in [3.05, 3.63) is 71.7 Å². The molecule has 0 bridgehead atoms. The van der Waals surface area contributed by atoms with Gasteiger partial charge in [0.2, 0.25) is 0 Å². The van der Waals surface area contributed by atoms with Crippen LogP contribution < -0.4 is 0 Å². The summed E-state index contributed by atoms with van der Waals surface area (Å²) in [6, 6.07) is 0. The van der Waals surface area contributed by atoms with E-state index in [1.807, 2.05) is 0 Å². The van der Waals surface area contributed by atoms with Crippen LogP contribution in [0.4, 0.5) is 4.39 Å². The summed E-state index contributed by atoms with van der Waals surface area (Å²) >= 11 is 0. The van der Waals surface area contributed by atoms with Crippen molar-refractivity contribution >= 4 is 11.9 Å². The minimum absolute atomic E-state index is 0.118. The molecule has 0 aromatic heterocycles. The molecule has 124 valence electrons. The highest BCUT2D eigenvalue weighted by atomic mass is 19.1. The number of carbonyl (C=O) groups excluding carboxylic acids is 2. The van der Waals surface area contributed by atoms with E-state index in [9.17, 15) is 14.0 Å². The van der Waals surface area contributed by atoms with Gasteiger partial charge in [-0.05, 0) is 43.2 Å². The Labute approximate surface area is 136 Å². The Balaban J connectivity index is 5.69. The zero-order valence-corrected chi connectivity index (χ0v) is 13.8. The average molecular weight is 320 g/mol. The third-order valence-corrected chi connectivity index (χ3v) is 2.76. The minimum atomic E-state index is -0.635. The van der Waals surface area contributed by atoms with Crippen molar-refractivity contribution in [2.75, 3.05) is 14.2 Å². The van der Waals surface area contributed by atoms with Crippen LogP contribution in [0.1, 0.15) is 13.8 Å². The molecule has 0 heterocycles. The highest BCUT2D eigenvalue weighted by molar-refractivity contribution is 5.96. The van der Waals surface area contributed by atoms with E-state index in [1.165, 1.54) is 45.4 Å². The van der Waals surface area contributed by atoms with Crippen LogP contribution in [0.15, 0.2) is 71.7 Å². The lowest BCUT2D eigenvalue weighted by Gasteiger charge is -2.06. The molecular weight excluding hydrogens is 299 g/mol. The van der Waals surface area contributed by atoms with Crippen LogP contribution in [0, 0.1) is 0 Å². The van der Waals surface area contributed by atoms with Crippen LogP contribution in [0.3, 0.4) is 0 Å². The maximum atomic E-state index is 12.7. The summed E-state index contributed by atoms with van der Waals surface area (Å²) in [7, 11) is 2.47. The second kappa shape index (κ2) is 10.1. The molecule has 0 aliphatic carbocycles. The average Bonchev–Trinajstić information content (AvgIpc) is 2.52. The van der Waals surface area contributed by atoms with Gasteiger partial charge in [-0.15, -0.1) is 0 Å². The maximum Gasteiger partial charge on any atom is 0.337 e. The summed E-state index contributed by atoms with van der Waals surface area (Å²) in [6.07, 6.45) is 7.14. The molecule has 4 nitrogen and oxygen atoms in total. The van der Waals surface area contributed by atoms with Gasteiger partial charge in [0.25, 0.3) is 0 Å². The molecule has 5 heteroatoms. The number of rotatable bonds is 7. The largest absolute Gasteiger partial charge is 0.466 e. The van der Waals surface area contributed by atoms with Gasteiger partial charge >= 0.3 is 11.9 Å². The van der Waals surface area contributed by atoms with E-state index in [-0.39, 0.29) is 11.1 Å². The number of halogens is 1. The smallest absolute Gasteiger partial charge is 0.337 e. The predicted molar refractivity (Wildman–Crippen MR) is 88.2 cm³/mol. The van der Waals surface area contributed by atoms with E-state index in [1.54, 1.807) is 13.0 Å². The lowest BCUT2D eigenvalue weighted by molar-refractivity contribution is -0.136. The molecule has 0 aliphatic rings. The zero-order chi connectivity index (χ0) is 18.0. The van der Waals surface area contributed by atoms with Gasteiger partial charge in [-0.25, -0.2) is 14.0 Å². The Kier molecular flexibility index (Phi) is 8.92. The number of hydrogen-bond donors (Lipinski definition) is 0. The summed E-state index contributed by atoms with van der Waals surface area (Å²) in [6.45, 7) is 10.2. The molecule has 0 atom stereocenters. The fraction of sp³-hybridized carbons (Fsp3) is 0.222. The van der Waals surface area contributed by atoms with Gasteiger partial charge in [0.05, 0.1) is 19.8 Å². The van der Waals surface area contributed by atoms with Crippen molar-refractivity contribution in [2.24, 2.45) is 0 Å². The van der Waals surface area contributed by atoms with E-state index >= 15 is 0 Å². The van der Waals surface area contributed by atoms with E-state index in [0.717, 1.165) is 0 Å². The first-order chi connectivity index (χ1) is 10.8. The van der Waals surface area contributed by atoms with Crippen molar-refractivity contribution < 1.29 is 23.5 Å². The lowest BCUT2D eigenvalue weighted by atomic mass is 10.0. The van der Waals surface area contributed by atoms with Crippen LogP contribution in [-0.4, -0.2) is 26.2 Å². The number of carbonyl (C=O) groups is 2. The SMILES string of the molecule is C=C(F)/C=C\C(=C/C)C(=C)/C=C(\C=C(/C)C(=O)OC)C(=O)OC. The van der Waals surface area contributed by atoms with Gasteiger partial charge in [-0.3, -0.25) is 0 Å². The van der Waals surface area contributed by atoms with Crippen LogP contribution in [0.5, 0.6) is 0 Å². The van der Waals surface area contributed by atoms with Gasteiger partial charge in [0, 0.05) is 5.57 Å². The molecule has 0 saturated heterocycles. The number of esters is 2. The summed E-state index contributed by atoms with van der Waals surface area (Å²) in [5.74, 6) is -1.80. The molecule has 0 rings (SSSR count). The second-order valence-electron chi connectivity index (χ2n) is 4.46. The monoisotopic (exact) mass is 320 g/mol. The van der Waals surface area contributed by atoms with Gasteiger partial charge in [-0.1, -0.05) is 25.3 Å². The molecule has 0 fully saturated rings. The van der Waals surface area contributed by atoms with Gasteiger partial charge < -0.3 is 9.47 Å². The summed E-state index contributed by atoms with van der Waals surface area (Å²) in [5.41, 5.74) is 1.38. The number of hydrogen-bond acceptors (Lipinski definition) is 4. The fourth-order valence-electron chi connectivity index (χ4n) is 1.57. The Morgan fingerprint density at radius 2 is 1.52 bits per heavy atom. The Hall–Kier alpha value is -2.69. The van der Waals surface area contributed by atoms with Crippen molar-refractivity contribution in [3.8, 4) is 0 Å². The second-order valence-corrected chi connectivity index (χ2v) is 4.46. The topological polar surface area (TPSA) is 52.6 Å². The molecule has 0 N–H and O–H groups in total. The van der Waals surface area contributed by atoms with Gasteiger partial charge in [0.1, 0.15) is 5.83 Å². The first kappa shape index (κ1) is 20.3. The zero-order valence-electron chi connectivity index (χ0n) is 13.8. The first-order valence-corrected chi connectivity index (χ1v) is 6.71. The number of methoxy groups -OCH3 is 2. The van der Waals surface area contributed by atoms with Gasteiger partial charge in [0.15, 0.2) is 0 Å². The first-order valence-electron chi connectivity index (χ1n) is 6.71. The minimum Gasteiger partial charge on any atom is -0.466 e. The highest BCUT2D eigenvalue weighted by Gasteiger charge is 2.12. The molecule has 0 spiro atoms. The van der Waals surface area contributed by atoms with Crippen LogP contribution in [-0.2, 0) is 19.1 Å². The van der Waals surface area contributed by atoms with Crippen LogP contribution >= 0.6 is 0 Å². The number of allylic oxidation sites excluding steroid dienone is 7. The van der Waals surface area contributed by atoms with Crippen LogP contribution in [0.2, 0.25) is 0 Å². The number of ether oxygens (including phenoxy) is 2. The fourth-order valence-corrected chi connectivity index (χ4v) is 1.57. The Bertz CT molecular complexity index is 619. The molecule has 0 aliphatic heterocycles. The van der Waals surface area contributed by atoms with Crippen molar-refractivity contribution in [2.45, 2.75) is 13.8 Å². The molecule has 0 radical (unpaired) electrons. The maximum absolute atomic E-state index is 12.7. The van der Waals surface area contributed by atoms with E-state index in [0.29, 0.717) is 11.1 Å². The summed E-state index contributed by atoms with van der Waals surface area (Å²) in [4.78, 5) is 23.3. The van der Waals surface area contributed by atoms with Crippen molar-refractivity contribution in [1.82, 2.24) is 0 Å². The normalized spacial score (nSPS) is 13.0. The Morgan fingerprint density at radius 3 is 1.96 bits per heavy atom. The third-order valence-electron chi connectivity index (χ3n) is 2.76. The summed E-state index contributed by atoms with van der Waals surface area (Å²) < 4.78 is 22.0. The van der Waals surface area contributed by atoms with E-state index in [4.69, 9.17) is 0 Å². The van der Waals surface area contributed by atoms with Gasteiger partial charge in [-0.2, -0.15) is 0 Å². The molecule has 0 amide bonds. The standard InChI is InChI=1S/C18H21FO4/c1-7-15(9-8-14(4)19)12(2)10-16(18(21)23-6)11-13(3)17(20)22-5/h7-11H,2,4H2,1,3,5-6H3/b9-8-,13-11+,15-7+,16-10+. The molecular formula is C18H21FO4. The molecule has 0 aromatic carbocycles. The van der Waals surface area contributed by atoms with Crippen molar-refractivity contribution in [3.63, 3.8) is 0 Å². The molecule has 0 aromatic rings. The predicted octanol–water partition coefficient (Wildman–Crippen LogP) is 3.75. The molecule has 0 saturated carbocycles. The summed E-state index contributed by atoms with van der Waals surface area (Å²) in [5, 5.41) is 0. The lowest BCUT2D eigenvalue weighted by Crippen LogP contribution is -2.07. The van der Waals surface area contributed by atoms with Crippen LogP contribution in [0.25, 0.3) is 0 Å².